The molecule has 1 N–H and O–H groups in total. The highest BCUT2D eigenvalue weighted by Crippen LogP contribution is 2.43. The van der Waals surface area contributed by atoms with Gasteiger partial charge in [-0.15, -0.1) is 0 Å². The molecule has 1 amide bonds. The minimum atomic E-state index is -0.405. The van der Waals surface area contributed by atoms with Gasteiger partial charge in [-0.3, -0.25) is 4.79 Å². The van der Waals surface area contributed by atoms with Crippen molar-refractivity contribution in [3.05, 3.63) is 47.2 Å². The SMILES string of the molecule is O=C(C1=C[C@H](C2CC2)C[C@H](OCc2ccc(CO)cc2)O1)N1CCOCC1. The number of nitrogens with zero attached hydrogens (tertiary/aromatic N) is 1. The van der Waals surface area contributed by atoms with Gasteiger partial charge in [0.1, 0.15) is 0 Å². The quantitative estimate of drug-likeness (QED) is 0.828. The van der Waals surface area contributed by atoms with Crippen molar-refractivity contribution in [2.75, 3.05) is 26.3 Å². The van der Waals surface area contributed by atoms with Crippen molar-refractivity contribution in [1.29, 1.82) is 0 Å². The highest BCUT2D eigenvalue weighted by molar-refractivity contribution is 5.91. The van der Waals surface area contributed by atoms with Crippen molar-refractivity contribution in [3.63, 3.8) is 0 Å². The molecule has 6 heteroatoms. The number of hydrogen-bond donors (Lipinski definition) is 1. The second kappa shape index (κ2) is 8.42. The highest BCUT2D eigenvalue weighted by Gasteiger charge is 2.38. The van der Waals surface area contributed by atoms with E-state index in [1.165, 1.54) is 12.8 Å². The van der Waals surface area contributed by atoms with Gasteiger partial charge in [0.05, 0.1) is 26.4 Å². The molecule has 146 valence electrons. The minimum absolute atomic E-state index is 0.0355. The molecule has 1 aromatic rings. The van der Waals surface area contributed by atoms with Crippen LogP contribution < -0.4 is 0 Å². The Kier molecular flexibility index (Phi) is 5.76. The standard InChI is InChI=1S/C21H27NO5/c23-13-15-1-3-16(4-2-15)14-26-20-12-18(17-5-6-17)11-19(27-20)21(24)22-7-9-25-10-8-22/h1-4,11,17-18,20,23H,5-10,12-14H2/t18-,20+/m0/s1. The van der Waals surface area contributed by atoms with E-state index in [4.69, 9.17) is 19.3 Å². The molecule has 27 heavy (non-hydrogen) atoms. The van der Waals surface area contributed by atoms with Crippen LogP contribution in [0.25, 0.3) is 0 Å². The van der Waals surface area contributed by atoms with E-state index in [9.17, 15) is 4.79 Å². The summed E-state index contributed by atoms with van der Waals surface area (Å²) < 4.78 is 17.3. The number of ether oxygens (including phenoxy) is 3. The maximum atomic E-state index is 12.8. The maximum Gasteiger partial charge on any atom is 0.288 e. The second-order valence-corrected chi connectivity index (χ2v) is 7.51. The molecule has 0 bridgehead atoms. The van der Waals surface area contributed by atoms with Gasteiger partial charge in [0.2, 0.25) is 6.29 Å². The van der Waals surface area contributed by atoms with Crippen LogP contribution in [0, 0.1) is 11.8 Å². The molecule has 6 nitrogen and oxygen atoms in total. The fourth-order valence-electron chi connectivity index (χ4n) is 3.64. The molecule has 2 atom stereocenters. The van der Waals surface area contributed by atoms with Crippen LogP contribution in [0.2, 0.25) is 0 Å². The number of allylic oxidation sites excluding steroid dienone is 1. The lowest BCUT2D eigenvalue weighted by molar-refractivity contribution is -0.161. The number of rotatable bonds is 6. The molecule has 1 aromatic carbocycles. The number of aliphatic hydroxyl groups excluding tert-OH is 1. The van der Waals surface area contributed by atoms with Crippen LogP contribution in [0.1, 0.15) is 30.4 Å². The molecule has 0 spiro atoms. The Morgan fingerprint density at radius 1 is 1.15 bits per heavy atom. The molecule has 1 saturated heterocycles. The molecule has 2 fully saturated rings. The lowest BCUT2D eigenvalue weighted by Gasteiger charge is -2.33. The number of amides is 1. The zero-order valence-corrected chi connectivity index (χ0v) is 15.5. The third-order valence-corrected chi connectivity index (χ3v) is 5.47. The second-order valence-electron chi connectivity index (χ2n) is 7.51. The number of benzene rings is 1. The summed E-state index contributed by atoms with van der Waals surface area (Å²) in [5.74, 6) is 1.38. The predicted molar refractivity (Wildman–Crippen MR) is 98.3 cm³/mol. The largest absolute Gasteiger partial charge is 0.459 e. The first-order chi connectivity index (χ1) is 13.2. The summed E-state index contributed by atoms with van der Waals surface area (Å²) in [4.78, 5) is 14.6. The van der Waals surface area contributed by atoms with E-state index in [-0.39, 0.29) is 12.5 Å². The monoisotopic (exact) mass is 373 g/mol. The fourth-order valence-corrected chi connectivity index (χ4v) is 3.64. The van der Waals surface area contributed by atoms with Crippen LogP contribution in [-0.4, -0.2) is 48.5 Å². The molecular weight excluding hydrogens is 346 g/mol. The van der Waals surface area contributed by atoms with Crippen LogP contribution in [0.4, 0.5) is 0 Å². The average Bonchev–Trinajstić information content (AvgIpc) is 3.58. The van der Waals surface area contributed by atoms with E-state index in [0.717, 1.165) is 17.5 Å². The summed E-state index contributed by atoms with van der Waals surface area (Å²) in [5, 5.41) is 9.14. The first-order valence-electron chi connectivity index (χ1n) is 9.78. The third kappa shape index (κ3) is 4.69. The van der Waals surface area contributed by atoms with E-state index in [1.54, 1.807) is 4.90 Å². The molecule has 2 heterocycles. The van der Waals surface area contributed by atoms with Gasteiger partial charge in [-0.05, 0) is 41.9 Å². The van der Waals surface area contributed by atoms with E-state index in [2.05, 4.69) is 0 Å². The lowest BCUT2D eigenvalue weighted by atomic mass is 9.96. The normalized spacial score (nSPS) is 25.7. The van der Waals surface area contributed by atoms with E-state index < -0.39 is 6.29 Å². The van der Waals surface area contributed by atoms with Crippen molar-refractivity contribution in [3.8, 4) is 0 Å². The zero-order chi connectivity index (χ0) is 18.6. The molecule has 0 aromatic heterocycles. The highest BCUT2D eigenvalue weighted by atomic mass is 16.7. The van der Waals surface area contributed by atoms with Gasteiger partial charge >= 0.3 is 0 Å². The number of carbonyl (C=O) groups excluding carboxylic acids is 1. The van der Waals surface area contributed by atoms with E-state index in [1.807, 2.05) is 30.3 Å². The van der Waals surface area contributed by atoms with Crippen molar-refractivity contribution >= 4 is 5.91 Å². The smallest absolute Gasteiger partial charge is 0.288 e. The van der Waals surface area contributed by atoms with Gasteiger partial charge < -0.3 is 24.2 Å². The van der Waals surface area contributed by atoms with Crippen LogP contribution >= 0.6 is 0 Å². The maximum absolute atomic E-state index is 12.8. The Morgan fingerprint density at radius 3 is 2.52 bits per heavy atom. The van der Waals surface area contributed by atoms with Gasteiger partial charge in [-0.2, -0.15) is 0 Å². The molecule has 0 unspecified atom stereocenters. The first-order valence-corrected chi connectivity index (χ1v) is 9.78. The molecule has 0 radical (unpaired) electrons. The molecule has 4 rings (SSSR count). The van der Waals surface area contributed by atoms with Gasteiger partial charge in [0.15, 0.2) is 5.76 Å². The Hall–Kier alpha value is -1.89. The Balaban J connectivity index is 1.39. The first kappa shape index (κ1) is 18.5. The van der Waals surface area contributed by atoms with Gasteiger partial charge in [-0.1, -0.05) is 24.3 Å². The summed E-state index contributed by atoms with van der Waals surface area (Å²) in [6, 6.07) is 7.67. The summed E-state index contributed by atoms with van der Waals surface area (Å²) in [6.07, 6.45) is 4.84. The van der Waals surface area contributed by atoms with Crippen molar-refractivity contribution in [1.82, 2.24) is 4.90 Å². The fraction of sp³-hybridized carbons (Fsp3) is 0.571. The van der Waals surface area contributed by atoms with E-state index in [0.29, 0.717) is 50.5 Å². The van der Waals surface area contributed by atoms with Gasteiger partial charge in [0.25, 0.3) is 5.91 Å². The summed E-state index contributed by atoms with van der Waals surface area (Å²) in [7, 11) is 0. The van der Waals surface area contributed by atoms with Gasteiger partial charge in [0, 0.05) is 19.5 Å². The third-order valence-electron chi connectivity index (χ3n) is 5.47. The van der Waals surface area contributed by atoms with Crippen LogP contribution in [0.5, 0.6) is 0 Å². The van der Waals surface area contributed by atoms with Crippen LogP contribution in [-0.2, 0) is 32.2 Å². The van der Waals surface area contributed by atoms with E-state index >= 15 is 0 Å². The molecule has 2 aliphatic heterocycles. The van der Waals surface area contributed by atoms with Crippen molar-refractivity contribution < 1.29 is 24.1 Å². The van der Waals surface area contributed by atoms with Crippen molar-refractivity contribution in [2.45, 2.75) is 38.8 Å². The lowest BCUT2D eigenvalue weighted by Crippen LogP contribution is -2.43. The molecule has 1 aliphatic carbocycles. The number of hydrogen-bond acceptors (Lipinski definition) is 5. The average molecular weight is 373 g/mol. The molecule has 3 aliphatic rings. The van der Waals surface area contributed by atoms with Crippen molar-refractivity contribution in [2.24, 2.45) is 11.8 Å². The Morgan fingerprint density at radius 2 is 1.85 bits per heavy atom. The zero-order valence-electron chi connectivity index (χ0n) is 15.5. The Labute approximate surface area is 159 Å². The number of carbonyl (C=O) groups is 1. The molecular formula is C21H27NO5. The minimum Gasteiger partial charge on any atom is -0.459 e. The summed E-state index contributed by atoms with van der Waals surface area (Å²) in [6.45, 7) is 2.83. The topological polar surface area (TPSA) is 68.2 Å². The van der Waals surface area contributed by atoms with Crippen LogP contribution in [0.15, 0.2) is 36.1 Å². The Bertz CT molecular complexity index is 676. The van der Waals surface area contributed by atoms with Gasteiger partial charge in [-0.25, -0.2) is 0 Å². The number of morpholine rings is 1. The number of aliphatic hydroxyl groups is 1. The summed E-state index contributed by atoms with van der Waals surface area (Å²) >= 11 is 0. The molecule has 1 saturated carbocycles. The predicted octanol–water partition coefficient (Wildman–Crippen LogP) is 2.21. The summed E-state index contributed by atoms with van der Waals surface area (Å²) in [5.41, 5.74) is 1.90. The van der Waals surface area contributed by atoms with Crippen LogP contribution in [0.3, 0.4) is 0 Å².